The molecule has 0 radical (unpaired) electrons. The number of hydrogen-bond donors (Lipinski definition) is 2. The average Bonchev–Trinajstić information content (AvgIpc) is 3.53. The maximum Gasteiger partial charge on any atom is 0.412 e. The molecular formula is C27H32FN5O3. The van der Waals surface area contributed by atoms with Crippen molar-refractivity contribution in [2.75, 3.05) is 31.3 Å². The molecule has 0 saturated heterocycles. The number of nitrogens with zero attached hydrogens (tertiary/aromatic N) is 3. The summed E-state index contributed by atoms with van der Waals surface area (Å²) in [6.07, 6.45) is 4.73. The van der Waals surface area contributed by atoms with Gasteiger partial charge in [0.25, 0.3) is 0 Å². The van der Waals surface area contributed by atoms with E-state index in [1.165, 1.54) is 6.20 Å². The highest BCUT2D eigenvalue weighted by Crippen LogP contribution is 2.40. The van der Waals surface area contributed by atoms with E-state index in [4.69, 9.17) is 4.74 Å². The number of aromatic nitrogens is 2. The third kappa shape index (κ3) is 5.79. The number of benzene rings is 1. The first-order chi connectivity index (χ1) is 16.9. The molecule has 2 heterocycles. The van der Waals surface area contributed by atoms with E-state index in [0.29, 0.717) is 28.1 Å². The Balaban J connectivity index is 1.72. The monoisotopic (exact) mass is 493 g/mol. The Labute approximate surface area is 210 Å². The van der Waals surface area contributed by atoms with Crippen LogP contribution in [0.2, 0.25) is 0 Å². The van der Waals surface area contributed by atoms with Gasteiger partial charge in [0.05, 0.1) is 5.69 Å². The van der Waals surface area contributed by atoms with Crippen LogP contribution in [0.5, 0.6) is 0 Å². The van der Waals surface area contributed by atoms with Gasteiger partial charge in [-0.1, -0.05) is 0 Å². The van der Waals surface area contributed by atoms with Crippen molar-refractivity contribution >= 4 is 34.3 Å². The van der Waals surface area contributed by atoms with E-state index in [2.05, 4.69) is 25.5 Å². The van der Waals surface area contributed by atoms with Crippen molar-refractivity contribution in [3.8, 4) is 11.1 Å². The molecule has 1 fully saturated rings. The molecule has 2 amide bonds. The summed E-state index contributed by atoms with van der Waals surface area (Å²) in [5.41, 5.74) is 0.900. The van der Waals surface area contributed by atoms with Gasteiger partial charge in [0.1, 0.15) is 11.4 Å². The molecule has 36 heavy (non-hydrogen) atoms. The predicted molar refractivity (Wildman–Crippen MR) is 138 cm³/mol. The highest BCUT2D eigenvalue weighted by atomic mass is 19.1. The molecule has 1 aliphatic rings. The van der Waals surface area contributed by atoms with E-state index < -0.39 is 17.5 Å². The van der Waals surface area contributed by atoms with Gasteiger partial charge >= 0.3 is 6.09 Å². The maximum absolute atomic E-state index is 15.8. The summed E-state index contributed by atoms with van der Waals surface area (Å²) < 4.78 is 21.2. The van der Waals surface area contributed by atoms with Crippen LogP contribution < -0.4 is 10.6 Å². The first kappa shape index (κ1) is 25.5. The predicted octanol–water partition coefficient (Wildman–Crippen LogP) is 5.23. The van der Waals surface area contributed by atoms with Crippen LogP contribution in [-0.2, 0) is 9.53 Å². The number of carbonyl (C=O) groups is 2. The number of carbonyl (C=O) groups excluding carboxylic acids is 2. The molecule has 4 rings (SSSR count). The van der Waals surface area contributed by atoms with Crippen LogP contribution in [0.1, 0.15) is 32.8 Å². The Morgan fingerprint density at radius 1 is 1.17 bits per heavy atom. The van der Waals surface area contributed by atoms with Gasteiger partial charge < -0.3 is 15.0 Å². The van der Waals surface area contributed by atoms with E-state index in [1.54, 1.807) is 51.4 Å². The second-order valence-corrected chi connectivity index (χ2v) is 10.6. The van der Waals surface area contributed by atoms with Crippen molar-refractivity contribution in [1.29, 1.82) is 0 Å². The molecule has 9 heteroatoms. The Bertz CT molecular complexity index is 1320. The third-order valence-corrected chi connectivity index (χ3v) is 6.03. The summed E-state index contributed by atoms with van der Waals surface area (Å²) in [6, 6.07) is 5.15. The molecule has 2 N–H and O–H groups in total. The lowest BCUT2D eigenvalue weighted by Gasteiger charge is -2.21. The number of ether oxygens (including phenoxy) is 1. The summed E-state index contributed by atoms with van der Waals surface area (Å²) in [5.74, 6) is -0.0408. The SMILES string of the molecule is Cc1ccncc1-c1cc2cc(NC(=O)C3CC3CN(C)C)ncc2c(NC(=O)OC(C)(C)C)c1F. The fourth-order valence-corrected chi connectivity index (χ4v) is 4.27. The molecule has 1 saturated carbocycles. The Hall–Kier alpha value is -3.59. The number of amides is 2. The van der Waals surface area contributed by atoms with Gasteiger partial charge in [0.2, 0.25) is 5.91 Å². The van der Waals surface area contributed by atoms with Crippen molar-refractivity contribution < 1.29 is 18.7 Å². The van der Waals surface area contributed by atoms with Crippen molar-refractivity contribution in [3.63, 3.8) is 0 Å². The first-order valence-electron chi connectivity index (χ1n) is 11.9. The zero-order valence-corrected chi connectivity index (χ0v) is 21.5. The fourth-order valence-electron chi connectivity index (χ4n) is 4.27. The number of aryl methyl sites for hydroxylation is 1. The molecule has 8 nitrogen and oxygen atoms in total. The van der Waals surface area contributed by atoms with Crippen LogP contribution in [0, 0.1) is 24.6 Å². The van der Waals surface area contributed by atoms with Gasteiger partial charge in [0.15, 0.2) is 5.82 Å². The molecule has 2 atom stereocenters. The number of hydrogen-bond acceptors (Lipinski definition) is 6. The van der Waals surface area contributed by atoms with E-state index in [9.17, 15) is 9.59 Å². The first-order valence-corrected chi connectivity index (χ1v) is 11.9. The molecule has 0 aliphatic heterocycles. The molecule has 0 bridgehead atoms. The number of nitrogens with one attached hydrogen (secondary N) is 2. The van der Waals surface area contributed by atoms with Crippen LogP contribution in [0.25, 0.3) is 21.9 Å². The zero-order chi connectivity index (χ0) is 26.2. The van der Waals surface area contributed by atoms with E-state index >= 15 is 4.39 Å². The fraction of sp³-hybridized carbons (Fsp3) is 0.407. The highest BCUT2D eigenvalue weighted by Gasteiger charge is 2.43. The number of fused-ring (bicyclic) bond motifs is 1. The summed E-state index contributed by atoms with van der Waals surface area (Å²) in [5, 5.41) is 6.44. The standard InChI is InChI=1S/C27H32FN5O3/c1-15-7-8-29-12-20(15)19-9-16-11-22(31-25(34)18-10-17(18)14-33(5)6)30-13-21(16)24(23(19)28)32-26(35)36-27(2,3)4/h7-9,11-13,17-18H,10,14H2,1-6H3,(H,32,35)(H,30,31,34). The smallest absolute Gasteiger partial charge is 0.412 e. The quantitative estimate of drug-likeness (QED) is 0.488. The normalized spacial score (nSPS) is 17.2. The second kappa shape index (κ2) is 9.81. The summed E-state index contributed by atoms with van der Waals surface area (Å²) >= 11 is 0. The third-order valence-electron chi connectivity index (χ3n) is 6.03. The van der Waals surface area contributed by atoms with Crippen molar-refractivity contribution in [2.45, 2.75) is 39.7 Å². The van der Waals surface area contributed by atoms with Gasteiger partial charge in [-0.25, -0.2) is 14.2 Å². The lowest BCUT2D eigenvalue weighted by atomic mass is 9.98. The van der Waals surface area contributed by atoms with E-state index in [1.807, 2.05) is 21.0 Å². The number of pyridine rings is 2. The lowest BCUT2D eigenvalue weighted by Crippen LogP contribution is -2.27. The van der Waals surface area contributed by atoms with Gasteiger partial charge in [-0.15, -0.1) is 0 Å². The molecule has 1 aromatic carbocycles. The topological polar surface area (TPSA) is 96.5 Å². The summed E-state index contributed by atoms with van der Waals surface area (Å²) in [7, 11) is 3.98. The minimum atomic E-state index is -0.777. The Morgan fingerprint density at radius 3 is 2.58 bits per heavy atom. The highest BCUT2D eigenvalue weighted by molar-refractivity contribution is 6.04. The van der Waals surface area contributed by atoms with Crippen LogP contribution >= 0.6 is 0 Å². The van der Waals surface area contributed by atoms with Crippen molar-refractivity contribution in [2.24, 2.45) is 11.8 Å². The largest absolute Gasteiger partial charge is 0.444 e. The molecule has 3 aromatic rings. The molecule has 1 aliphatic carbocycles. The second-order valence-electron chi connectivity index (χ2n) is 10.6. The maximum atomic E-state index is 15.8. The minimum absolute atomic E-state index is 0.0429. The molecule has 2 aromatic heterocycles. The molecular weight excluding hydrogens is 461 g/mol. The van der Waals surface area contributed by atoms with E-state index in [-0.39, 0.29) is 23.1 Å². The van der Waals surface area contributed by atoms with Gasteiger partial charge in [-0.2, -0.15) is 0 Å². The van der Waals surface area contributed by atoms with Gasteiger partial charge in [0, 0.05) is 47.6 Å². The van der Waals surface area contributed by atoms with Gasteiger partial charge in [-0.05, 0) is 83.3 Å². The number of halogens is 1. The van der Waals surface area contributed by atoms with Gasteiger partial charge in [-0.3, -0.25) is 15.1 Å². The lowest BCUT2D eigenvalue weighted by molar-refractivity contribution is -0.117. The summed E-state index contributed by atoms with van der Waals surface area (Å²) in [4.78, 5) is 35.8. The van der Waals surface area contributed by atoms with Crippen LogP contribution in [-0.4, -0.2) is 53.1 Å². The molecule has 0 spiro atoms. The van der Waals surface area contributed by atoms with E-state index in [0.717, 1.165) is 18.5 Å². The average molecular weight is 494 g/mol. The Kier molecular flexibility index (Phi) is 6.95. The van der Waals surface area contributed by atoms with Crippen LogP contribution in [0.3, 0.4) is 0 Å². The van der Waals surface area contributed by atoms with Crippen LogP contribution in [0.4, 0.5) is 20.7 Å². The van der Waals surface area contributed by atoms with Crippen LogP contribution in [0.15, 0.2) is 36.8 Å². The minimum Gasteiger partial charge on any atom is -0.444 e. The van der Waals surface area contributed by atoms with Crippen molar-refractivity contribution in [1.82, 2.24) is 14.9 Å². The van der Waals surface area contributed by atoms with Crippen molar-refractivity contribution in [3.05, 3.63) is 48.2 Å². The number of anilines is 2. The molecule has 2 unspecified atom stereocenters. The Morgan fingerprint density at radius 2 is 1.92 bits per heavy atom. The zero-order valence-electron chi connectivity index (χ0n) is 21.5. The summed E-state index contributed by atoms with van der Waals surface area (Å²) in [6.45, 7) is 7.91. The number of rotatable bonds is 6. The molecule has 190 valence electrons.